The summed E-state index contributed by atoms with van der Waals surface area (Å²) < 4.78 is 6.67. The molecule has 196 valence electrons. The maximum atomic E-state index is 6.67. The van der Waals surface area contributed by atoms with Crippen LogP contribution >= 0.6 is 0 Å². The van der Waals surface area contributed by atoms with E-state index in [0.717, 1.165) is 11.5 Å². The van der Waals surface area contributed by atoms with Crippen LogP contribution in [0.3, 0.4) is 0 Å². The van der Waals surface area contributed by atoms with Crippen molar-refractivity contribution < 1.29 is 4.74 Å². The third-order valence-electron chi connectivity index (χ3n) is 9.15. The quantitative estimate of drug-likeness (QED) is 0.214. The molecule has 1 aliphatic carbocycles. The maximum Gasteiger partial charge on any atom is 0.132 e. The average molecular weight is 535 g/mol. The molecule has 0 amide bonds. The van der Waals surface area contributed by atoms with Crippen LogP contribution in [0.5, 0.6) is 11.5 Å². The number of hydrogen-bond donors (Lipinski definition) is 0. The van der Waals surface area contributed by atoms with Gasteiger partial charge in [0.25, 0.3) is 0 Å². The molecule has 1 aliphatic heterocycles. The minimum Gasteiger partial charge on any atom is -0.457 e. The first-order valence-electron chi connectivity index (χ1n) is 14.5. The Morgan fingerprint density at radius 3 is 1.62 bits per heavy atom. The summed E-state index contributed by atoms with van der Waals surface area (Å²) in [4.78, 5) is 0. The first-order valence-corrected chi connectivity index (χ1v) is 14.5. The minimum atomic E-state index is -0.472. The van der Waals surface area contributed by atoms with Gasteiger partial charge in [0.05, 0.1) is 5.41 Å². The van der Waals surface area contributed by atoms with E-state index < -0.39 is 5.41 Å². The Hall–Kier alpha value is -5.40. The predicted molar refractivity (Wildman–Crippen MR) is 172 cm³/mol. The molecule has 1 nitrogen and oxygen atoms in total. The van der Waals surface area contributed by atoms with Crippen molar-refractivity contribution in [3.63, 3.8) is 0 Å². The third-order valence-corrected chi connectivity index (χ3v) is 9.15. The molecule has 1 spiro atoms. The van der Waals surface area contributed by atoms with E-state index in [-0.39, 0.29) is 0 Å². The lowest BCUT2D eigenvalue weighted by atomic mass is 9.65. The van der Waals surface area contributed by atoms with Crippen LogP contribution < -0.4 is 4.74 Å². The van der Waals surface area contributed by atoms with Crippen molar-refractivity contribution in [2.75, 3.05) is 0 Å². The van der Waals surface area contributed by atoms with Gasteiger partial charge in [-0.2, -0.15) is 0 Å². The van der Waals surface area contributed by atoms with Crippen molar-refractivity contribution >= 4 is 10.8 Å². The zero-order chi connectivity index (χ0) is 27.7. The summed E-state index contributed by atoms with van der Waals surface area (Å²) in [5, 5.41) is 2.50. The van der Waals surface area contributed by atoms with Gasteiger partial charge in [-0.15, -0.1) is 0 Å². The Morgan fingerprint density at radius 1 is 0.357 bits per heavy atom. The lowest BCUT2D eigenvalue weighted by Gasteiger charge is -2.39. The summed E-state index contributed by atoms with van der Waals surface area (Å²) in [7, 11) is 0. The van der Waals surface area contributed by atoms with Gasteiger partial charge in [-0.25, -0.2) is 0 Å². The molecule has 7 aromatic carbocycles. The Balaban J connectivity index is 1.37. The molecule has 1 heterocycles. The summed E-state index contributed by atoms with van der Waals surface area (Å²) in [6.07, 6.45) is 0. The fourth-order valence-corrected chi connectivity index (χ4v) is 7.46. The van der Waals surface area contributed by atoms with Gasteiger partial charge in [-0.1, -0.05) is 140 Å². The van der Waals surface area contributed by atoms with Crippen molar-refractivity contribution in [2.24, 2.45) is 0 Å². The van der Waals surface area contributed by atoms with Gasteiger partial charge in [-0.3, -0.25) is 0 Å². The number of ether oxygens (including phenoxy) is 1. The van der Waals surface area contributed by atoms with Gasteiger partial charge in [-0.05, 0) is 73.5 Å². The van der Waals surface area contributed by atoms with Crippen LogP contribution in [0.4, 0.5) is 0 Å². The summed E-state index contributed by atoms with van der Waals surface area (Å²) in [5.74, 6) is 1.83. The van der Waals surface area contributed by atoms with Crippen molar-refractivity contribution in [1.29, 1.82) is 0 Å². The Kier molecular flexibility index (Phi) is 4.88. The summed E-state index contributed by atoms with van der Waals surface area (Å²) >= 11 is 0. The molecule has 0 aromatic heterocycles. The van der Waals surface area contributed by atoms with Crippen LogP contribution in [-0.4, -0.2) is 0 Å². The van der Waals surface area contributed by atoms with Crippen LogP contribution in [0.1, 0.15) is 22.3 Å². The molecule has 0 bridgehead atoms. The van der Waals surface area contributed by atoms with E-state index in [0.29, 0.717) is 0 Å². The van der Waals surface area contributed by atoms with E-state index in [2.05, 4.69) is 158 Å². The molecule has 0 saturated heterocycles. The molecule has 0 saturated carbocycles. The Morgan fingerprint density at radius 2 is 0.905 bits per heavy atom. The summed E-state index contributed by atoms with van der Waals surface area (Å²) in [6, 6.07) is 57.1. The van der Waals surface area contributed by atoms with E-state index in [1.54, 1.807) is 0 Å². The number of rotatable bonds is 2. The molecular weight excluding hydrogens is 508 g/mol. The molecule has 9 rings (SSSR count). The highest BCUT2D eigenvalue weighted by atomic mass is 16.5. The van der Waals surface area contributed by atoms with Gasteiger partial charge >= 0.3 is 0 Å². The third kappa shape index (κ3) is 3.08. The molecule has 0 fully saturated rings. The molecule has 7 aromatic rings. The SMILES string of the molecule is c1ccc(-c2cccc3cccc(-c4ccc5c(c4)C4(c6ccccc6O5)c5ccccc5-c5ccccc54)c23)cc1. The minimum absolute atomic E-state index is 0.472. The smallest absolute Gasteiger partial charge is 0.132 e. The highest BCUT2D eigenvalue weighted by Gasteiger charge is 2.50. The predicted octanol–water partition coefficient (Wildman–Crippen LogP) is 10.6. The molecule has 1 heteroatoms. The van der Waals surface area contributed by atoms with Crippen LogP contribution in [0.2, 0.25) is 0 Å². The van der Waals surface area contributed by atoms with Gasteiger partial charge in [0, 0.05) is 11.1 Å². The van der Waals surface area contributed by atoms with Crippen molar-refractivity contribution in [3.05, 3.63) is 180 Å². The monoisotopic (exact) mass is 534 g/mol. The topological polar surface area (TPSA) is 9.23 Å². The lowest BCUT2D eigenvalue weighted by Crippen LogP contribution is -2.32. The van der Waals surface area contributed by atoms with E-state index in [4.69, 9.17) is 4.74 Å². The first-order chi connectivity index (χ1) is 20.8. The van der Waals surface area contributed by atoms with E-state index in [1.807, 2.05) is 0 Å². The molecule has 42 heavy (non-hydrogen) atoms. The van der Waals surface area contributed by atoms with E-state index in [1.165, 1.54) is 66.4 Å². The maximum absolute atomic E-state index is 6.67. The van der Waals surface area contributed by atoms with Gasteiger partial charge in [0.15, 0.2) is 0 Å². The molecular formula is C41H26O. The summed E-state index contributed by atoms with van der Waals surface area (Å²) in [6.45, 7) is 0. The first kappa shape index (κ1) is 23.3. The largest absolute Gasteiger partial charge is 0.457 e. The fraction of sp³-hybridized carbons (Fsp3) is 0.0244. The second kappa shape index (κ2) is 8.80. The van der Waals surface area contributed by atoms with Gasteiger partial charge in [0.2, 0.25) is 0 Å². The van der Waals surface area contributed by atoms with Crippen LogP contribution in [-0.2, 0) is 5.41 Å². The molecule has 0 atom stereocenters. The van der Waals surface area contributed by atoms with Crippen LogP contribution in [0.15, 0.2) is 158 Å². The molecule has 2 aliphatic rings. The average Bonchev–Trinajstić information content (AvgIpc) is 3.35. The number of hydrogen-bond acceptors (Lipinski definition) is 1. The highest BCUT2D eigenvalue weighted by molar-refractivity contribution is 6.06. The second-order valence-electron chi connectivity index (χ2n) is 11.2. The zero-order valence-electron chi connectivity index (χ0n) is 22.9. The molecule has 0 radical (unpaired) electrons. The number of para-hydroxylation sites is 1. The summed E-state index contributed by atoms with van der Waals surface area (Å²) in [5.41, 5.74) is 12.0. The van der Waals surface area contributed by atoms with Crippen LogP contribution in [0, 0.1) is 0 Å². The standard InChI is InChI=1S/C41H26O/c1-2-12-27(13-3-1)30-18-10-14-28-15-11-19-31(40(28)30)29-24-25-39-37(26-29)41(36-22-8-9-23-38(36)42-39)34-20-6-4-16-32(34)33-17-5-7-21-35(33)41/h1-26H. The Bertz CT molecular complexity index is 2120. The second-order valence-corrected chi connectivity index (χ2v) is 11.2. The Labute approximate surface area is 245 Å². The molecule has 0 N–H and O–H groups in total. The van der Waals surface area contributed by atoms with Crippen molar-refractivity contribution in [3.8, 4) is 44.9 Å². The van der Waals surface area contributed by atoms with Gasteiger partial charge in [0.1, 0.15) is 11.5 Å². The van der Waals surface area contributed by atoms with Crippen molar-refractivity contribution in [1.82, 2.24) is 0 Å². The van der Waals surface area contributed by atoms with Crippen molar-refractivity contribution in [2.45, 2.75) is 5.41 Å². The van der Waals surface area contributed by atoms with E-state index >= 15 is 0 Å². The van der Waals surface area contributed by atoms with E-state index in [9.17, 15) is 0 Å². The lowest BCUT2D eigenvalue weighted by molar-refractivity contribution is 0.436. The van der Waals surface area contributed by atoms with Crippen LogP contribution in [0.25, 0.3) is 44.2 Å². The van der Waals surface area contributed by atoms with Gasteiger partial charge < -0.3 is 4.74 Å². The number of fused-ring (bicyclic) bond motifs is 10. The number of benzene rings is 7. The normalized spacial score (nSPS) is 13.6. The fourth-order valence-electron chi connectivity index (χ4n) is 7.46. The highest BCUT2D eigenvalue weighted by Crippen LogP contribution is 2.62. The zero-order valence-corrected chi connectivity index (χ0v) is 22.9. The molecule has 0 unspecified atom stereocenters.